The Morgan fingerprint density at radius 3 is 2.53 bits per heavy atom. The summed E-state index contributed by atoms with van der Waals surface area (Å²) in [5.74, 6) is 1.73. The minimum Gasteiger partial charge on any atom is -0.300 e. The van der Waals surface area contributed by atoms with Gasteiger partial charge in [-0.15, -0.1) is 0 Å². The second kappa shape index (κ2) is 6.12. The predicted molar refractivity (Wildman–Crippen MR) is 63.4 cm³/mol. The van der Waals surface area contributed by atoms with Gasteiger partial charge in [-0.25, -0.2) is 0 Å². The summed E-state index contributed by atoms with van der Waals surface area (Å²) in [5, 5.41) is 8.63. The van der Waals surface area contributed by atoms with Crippen molar-refractivity contribution in [1.82, 2.24) is 4.90 Å². The van der Waals surface area contributed by atoms with Crippen molar-refractivity contribution in [3.63, 3.8) is 0 Å². The van der Waals surface area contributed by atoms with Crippen molar-refractivity contribution in [2.75, 3.05) is 13.1 Å². The molecule has 15 heavy (non-hydrogen) atoms. The predicted octanol–water partition coefficient (Wildman–Crippen LogP) is 3.05. The summed E-state index contributed by atoms with van der Waals surface area (Å²) in [7, 11) is 0. The monoisotopic (exact) mass is 208 g/mol. The standard InChI is InChI=1S/C13H24N2/c1-4-15(9-5-8-14)13-7-6-11(2)12(3)10-13/h11-13H,4-7,9-10H2,1-3H3. The van der Waals surface area contributed by atoms with Crippen LogP contribution in [0.25, 0.3) is 0 Å². The molecule has 0 aromatic heterocycles. The molecule has 0 bridgehead atoms. The van der Waals surface area contributed by atoms with Gasteiger partial charge in [0, 0.05) is 19.0 Å². The number of nitrogens with zero attached hydrogens (tertiary/aromatic N) is 2. The second-order valence-corrected chi connectivity index (χ2v) is 4.96. The van der Waals surface area contributed by atoms with Crippen molar-refractivity contribution in [2.24, 2.45) is 11.8 Å². The van der Waals surface area contributed by atoms with E-state index in [1.807, 2.05) is 0 Å². The largest absolute Gasteiger partial charge is 0.300 e. The molecule has 0 radical (unpaired) electrons. The van der Waals surface area contributed by atoms with Crippen molar-refractivity contribution in [3.8, 4) is 6.07 Å². The topological polar surface area (TPSA) is 27.0 Å². The molecule has 2 nitrogen and oxygen atoms in total. The van der Waals surface area contributed by atoms with Crippen LogP contribution in [-0.4, -0.2) is 24.0 Å². The van der Waals surface area contributed by atoms with E-state index >= 15 is 0 Å². The van der Waals surface area contributed by atoms with Gasteiger partial charge in [-0.2, -0.15) is 5.26 Å². The molecule has 1 fully saturated rings. The number of rotatable bonds is 4. The molecule has 0 spiro atoms. The fraction of sp³-hybridized carbons (Fsp3) is 0.923. The third-order valence-corrected chi connectivity index (χ3v) is 4.00. The van der Waals surface area contributed by atoms with Gasteiger partial charge in [0.25, 0.3) is 0 Å². The van der Waals surface area contributed by atoms with Crippen molar-refractivity contribution in [1.29, 1.82) is 5.26 Å². The van der Waals surface area contributed by atoms with Crippen LogP contribution in [0.4, 0.5) is 0 Å². The van der Waals surface area contributed by atoms with Crippen LogP contribution in [0.15, 0.2) is 0 Å². The maximum absolute atomic E-state index is 8.63. The Bertz CT molecular complexity index is 219. The van der Waals surface area contributed by atoms with Crippen LogP contribution in [0.2, 0.25) is 0 Å². The van der Waals surface area contributed by atoms with Crippen molar-refractivity contribution < 1.29 is 0 Å². The molecule has 0 saturated heterocycles. The van der Waals surface area contributed by atoms with Gasteiger partial charge in [0.15, 0.2) is 0 Å². The zero-order valence-electron chi connectivity index (χ0n) is 10.4. The summed E-state index contributed by atoms with van der Waals surface area (Å²) in [4.78, 5) is 2.49. The quantitative estimate of drug-likeness (QED) is 0.710. The lowest BCUT2D eigenvalue weighted by molar-refractivity contribution is 0.115. The smallest absolute Gasteiger partial charge is 0.0635 e. The molecule has 0 aromatic rings. The van der Waals surface area contributed by atoms with Crippen LogP contribution in [-0.2, 0) is 0 Å². The maximum atomic E-state index is 8.63. The molecule has 1 aliphatic rings. The Labute approximate surface area is 94.3 Å². The van der Waals surface area contributed by atoms with Gasteiger partial charge in [-0.1, -0.05) is 20.8 Å². The van der Waals surface area contributed by atoms with E-state index in [1.165, 1.54) is 19.3 Å². The van der Waals surface area contributed by atoms with Crippen molar-refractivity contribution in [3.05, 3.63) is 0 Å². The van der Waals surface area contributed by atoms with E-state index < -0.39 is 0 Å². The summed E-state index contributed by atoms with van der Waals surface area (Å²) in [5.41, 5.74) is 0. The fourth-order valence-corrected chi connectivity index (χ4v) is 2.64. The van der Waals surface area contributed by atoms with Crippen LogP contribution in [0.5, 0.6) is 0 Å². The molecule has 2 heteroatoms. The molecule has 86 valence electrons. The van der Waals surface area contributed by atoms with E-state index in [0.717, 1.165) is 31.0 Å². The van der Waals surface area contributed by atoms with Gasteiger partial charge >= 0.3 is 0 Å². The lowest BCUT2D eigenvalue weighted by atomic mass is 9.78. The molecule has 3 unspecified atom stereocenters. The molecule has 0 aromatic carbocycles. The maximum Gasteiger partial charge on any atom is 0.0635 e. The number of hydrogen-bond acceptors (Lipinski definition) is 2. The minimum absolute atomic E-state index is 0.675. The van der Waals surface area contributed by atoms with Gasteiger partial charge in [-0.05, 0) is 37.6 Å². The molecule has 0 heterocycles. The minimum atomic E-state index is 0.675. The molecular weight excluding hydrogens is 184 g/mol. The van der Waals surface area contributed by atoms with Crippen molar-refractivity contribution in [2.45, 2.75) is 52.5 Å². The Hall–Kier alpha value is -0.550. The van der Waals surface area contributed by atoms with Gasteiger partial charge in [0.2, 0.25) is 0 Å². The summed E-state index contributed by atoms with van der Waals surface area (Å²) in [6.45, 7) is 8.99. The summed E-state index contributed by atoms with van der Waals surface area (Å²) < 4.78 is 0. The fourth-order valence-electron chi connectivity index (χ4n) is 2.64. The van der Waals surface area contributed by atoms with Crippen LogP contribution < -0.4 is 0 Å². The van der Waals surface area contributed by atoms with Gasteiger partial charge in [0.1, 0.15) is 0 Å². The summed E-state index contributed by atoms with van der Waals surface area (Å²) in [6, 6.07) is 2.98. The molecule has 0 amide bonds. The average molecular weight is 208 g/mol. The lowest BCUT2D eigenvalue weighted by Gasteiger charge is -2.38. The summed E-state index contributed by atoms with van der Waals surface area (Å²) in [6.07, 6.45) is 4.67. The summed E-state index contributed by atoms with van der Waals surface area (Å²) >= 11 is 0. The normalized spacial score (nSPS) is 31.5. The van der Waals surface area contributed by atoms with Gasteiger partial charge < -0.3 is 0 Å². The van der Waals surface area contributed by atoms with E-state index in [4.69, 9.17) is 5.26 Å². The first-order valence-corrected chi connectivity index (χ1v) is 6.30. The zero-order valence-corrected chi connectivity index (χ0v) is 10.4. The molecule has 0 aliphatic heterocycles. The van der Waals surface area contributed by atoms with Crippen LogP contribution in [0, 0.1) is 23.2 Å². The number of hydrogen-bond donors (Lipinski definition) is 0. The average Bonchev–Trinajstić information content (AvgIpc) is 2.24. The van der Waals surface area contributed by atoms with Gasteiger partial charge in [-0.3, -0.25) is 4.90 Å². The lowest BCUT2D eigenvalue weighted by Crippen LogP contribution is -2.40. The molecular formula is C13H24N2. The second-order valence-electron chi connectivity index (χ2n) is 4.96. The molecule has 0 N–H and O–H groups in total. The first kappa shape index (κ1) is 12.5. The Morgan fingerprint density at radius 2 is 2.00 bits per heavy atom. The Kier molecular flexibility index (Phi) is 5.11. The van der Waals surface area contributed by atoms with E-state index in [2.05, 4.69) is 31.7 Å². The highest BCUT2D eigenvalue weighted by Crippen LogP contribution is 2.31. The van der Waals surface area contributed by atoms with Crippen LogP contribution >= 0.6 is 0 Å². The van der Waals surface area contributed by atoms with Crippen LogP contribution in [0.3, 0.4) is 0 Å². The first-order valence-electron chi connectivity index (χ1n) is 6.30. The SMILES string of the molecule is CCN(CCC#N)C1CCC(C)C(C)C1. The molecule has 1 aliphatic carbocycles. The molecule has 1 saturated carbocycles. The molecule has 1 rings (SSSR count). The Balaban J connectivity index is 2.44. The van der Waals surface area contributed by atoms with E-state index in [-0.39, 0.29) is 0 Å². The Morgan fingerprint density at radius 1 is 1.27 bits per heavy atom. The highest BCUT2D eigenvalue weighted by atomic mass is 15.1. The molecule has 3 atom stereocenters. The van der Waals surface area contributed by atoms with Crippen molar-refractivity contribution >= 4 is 0 Å². The highest BCUT2D eigenvalue weighted by molar-refractivity contribution is 4.83. The van der Waals surface area contributed by atoms with Gasteiger partial charge in [0.05, 0.1) is 6.07 Å². The van der Waals surface area contributed by atoms with E-state index in [1.54, 1.807) is 0 Å². The van der Waals surface area contributed by atoms with E-state index in [0.29, 0.717) is 6.42 Å². The first-order chi connectivity index (χ1) is 7.19. The zero-order chi connectivity index (χ0) is 11.3. The number of nitriles is 1. The van der Waals surface area contributed by atoms with E-state index in [9.17, 15) is 0 Å². The highest BCUT2D eigenvalue weighted by Gasteiger charge is 2.27. The third-order valence-electron chi connectivity index (χ3n) is 4.00. The van der Waals surface area contributed by atoms with Crippen LogP contribution in [0.1, 0.15) is 46.5 Å². The third kappa shape index (κ3) is 3.50.